The van der Waals surface area contributed by atoms with E-state index >= 15 is 0 Å². The van der Waals surface area contributed by atoms with Gasteiger partial charge in [0.15, 0.2) is 0 Å². The van der Waals surface area contributed by atoms with E-state index in [1.807, 2.05) is 0 Å². The van der Waals surface area contributed by atoms with Gasteiger partial charge in [0.25, 0.3) is 0 Å². The number of hydrogen-bond acceptors (Lipinski definition) is 4. The third-order valence-corrected chi connectivity index (χ3v) is 2.07. The van der Waals surface area contributed by atoms with Gasteiger partial charge in [0.2, 0.25) is 0 Å². The van der Waals surface area contributed by atoms with Crippen molar-refractivity contribution in [2.45, 2.75) is 39.2 Å². The third kappa shape index (κ3) is 7.70. The molecule has 0 saturated heterocycles. The van der Waals surface area contributed by atoms with E-state index in [9.17, 15) is 9.59 Å². The Morgan fingerprint density at radius 1 is 1.28 bits per heavy atom. The molecule has 0 saturated carbocycles. The summed E-state index contributed by atoms with van der Waals surface area (Å²) in [7, 11) is 1.32. The molecular weight excluding hydrogens is 234 g/mol. The lowest BCUT2D eigenvalue weighted by Crippen LogP contribution is -2.38. The zero-order valence-electron chi connectivity index (χ0n) is 11.7. The first kappa shape index (κ1) is 16.5. The van der Waals surface area contributed by atoms with Crippen LogP contribution in [-0.2, 0) is 14.3 Å². The average Bonchev–Trinajstić information content (AvgIpc) is 2.26. The summed E-state index contributed by atoms with van der Waals surface area (Å²) >= 11 is 0. The Balaban J connectivity index is 4.41. The zero-order chi connectivity index (χ0) is 14.2. The summed E-state index contributed by atoms with van der Waals surface area (Å²) in [4.78, 5) is 24.4. The maximum atomic E-state index is 11.9. The lowest BCUT2D eigenvalue weighted by atomic mass is 10.2. The van der Waals surface area contributed by atoms with Crippen molar-refractivity contribution >= 4 is 12.1 Å². The van der Waals surface area contributed by atoms with Gasteiger partial charge in [0.1, 0.15) is 5.60 Å². The molecule has 0 fully saturated rings. The molecule has 0 aromatic heterocycles. The number of hydrogen-bond donors (Lipinski definition) is 0. The van der Waals surface area contributed by atoms with Gasteiger partial charge in [-0.05, 0) is 27.2 Å². The van der Waals surface area contributed by atoms with Crippen LogP contribution in [0.25, 0.3) is 0 Å². The van der Waals surface area contributed by atoms with Crippen molar-refractivity contribution in [3.8, 4) is 0 Å². The van der Waals surface area contributed by atoms with Crippen LogP contribution in [0.2, 0.25) is 0 Å². The van der Waals surface area contributed by atoms with Gasteiger partial charge < -0.3 is 14.4 Å². The molecule has 104 valence electrons. The third-order valence-electron chi connectivity index (χ3n) is 2.07. The van der Waals surface area contributed by atoms with Crippen LogP contribution < -0.4 is 0 Å². The van der Waals surface area contributed by atoms with Crippen molar-refractivity contribution in [2.75, 3.05) is 20.2 Å². The number of rotatable bonds is 6. The van der Waals surface area contributed by atoms with Crippen molar-refractivity contribution in [2.24, 2.45) is 0 Å². The Morgan fingerprint density at radius 3 is 2.33 bits per heavy atom. The van der Waals surface area contributed by atoms with E-state index in [-0.39, 0.29) is 18.9 Å². The van der Waals surface area contributed by atoms with Gasteiger partial charge in [-0.2, -0.15) is 0 Å². The second-order valence-electron chi connectivity index (χ2n) is 4.87. The summed E-state index contributed by atoms with van der Waals surface area (Å²) < 4.78 is 9.81. The second kappa shape index (κ2) is 7.74. The normalized spacial score (nSPS) is 10.7. The van der Waals surface area contributed by atoms with Crippen molar-refractivity contribution in [3.05, 3.63) is 12.7 Å². The topological polar surface area (TPSA) is 55.8 Å². The van der Waals surface area contributed by atoms with E-state index in [1.165, 1.54) is 12.0 Å². The van der Waals surface area contributed by atoms with Crippen molar-refractivity contribution < 1.29 is 19.1 Å². The zero-order valence-corrected chi connectivity index (χ0v) is 11.7. The largest absolute Gasteiger partial charge is 0.469 e. The summed E-state index contributed by atoms with van der Waals surface area (Å²) in [6.45, 7) is 9.78. The standard InChI is InChI=1S/C13H23NO4/c1-6-7-9-14(10-8-11(15)17-5)12(16)18-13(2,3)4/h6H,1,7-10H2,2-5H3. The minimum absolute atomic E-state index is 0.160. The maximum Gasteiger partial charge on any atom is 0.410 e. The fourth-order valence-corrected chi connectivity index (χ4v) is 1.20. The molecule has 5 nitrogen and oxygen atoms in total. The molecule has 0 atom stereocenters. The second-order valence-corrected chi connectivity index (χ2v) is 4.87. The molecule has 0 aliphatic heterocycles. The Kier molecular flexibility index (Phi) is 7.08. The van der Waals surface area contributed by atoms with Gasteiger partial charge in [-0.25, -0.2) is 4.79 Å². The van der Waals surface area contributed by atoms with E-state index in [0.29, 0.717) is 13.0 Å². The Labute approximate surface area is 109 Å². The highest BCUT2D eigenvalue weighted by atomic mass is 16.6. The average molecular weight is 257 g/mol. The Bertz CT molecular complexity index is 294. The minimum atomic E-state index is -0.547. The quantitative estimate of drug-likeness (QED) is 0.541. The van der Waals surface area contributed by atoms with Crippen LogP contribution in [0.1, 0.15) is 33.6 Å². The molecule has 0 spiro atoms. The van der Waals surface area contributed by atoms with Gasteiger partial charge >= 0.3 is 12.1 Å². The predicted octanol–water partition coefficient (Wildman–Crippen LogP) is 2.36. The van der Waals surface area contributed by atoms with Crippen molar-refractivity contribution in [3.63, 3.8) is 0 Å². The molecule has 0 aliphatic carbocycles. The first-order valence-corrected chi connectivity index (χ1v) is 5.95. The summed E-state index contributed by atoms with van der Waals surface area (Å²) in [5.74, 6) is -0.345. The molecular formula is C13H23NO4. The molecule has 0 aliphatic rings. The minimum Gasteiger partial charge on any atom is -0.469 e. The molecule has 0 radical (unpaired) electrons. The van der Waals surface area contributed by atoms with Crippen LogP contribution in [0.15, 0.2) is 12.7 Å². The molecule has 1 amide bonds. The number of carbonyl (C=O) groups is 2. The van der Waals surface area contributed by atoms with E-state index in [2.05, 4.69) is 11.3 Å². The summed E-state index contributed by atoms with van der Waals surface area (Å²) in [5, 5.41) is 0. The van der Waals surface area contributed by atoms with E-state index in [4.69, 9.17) is 4.74 Å². The lowest BCUT2D eigenvalue weighted by Gasteiger charge is -2.26. The lowest BCUT2D eigenvalue weighted by molar-refractivity contribution is -0.140. The maximum absolute atomic E-state index is 11.9. The monoisotopic (exact) mass is 257 g/mol. The van der Waals surface area contributed by atoms with Crippen LogP contribution in [0.3, 0.4) is 0 Å². The highest BCUT2D eigenvalue weighted by Gasteiger charge is 2.22. The van der Waals surface area contributed by atoms with E-state index in [1.54, 1.807) is 26.8 Å². The molecule has 0 rings (SSSR count). The molecule has 0 aromatic carbocycles. The smallest absolute Gasteiger partial charge is 0.410 e. The molecule has 0 unspecified atom stereocenters. The van der Waals surface area contributed by atoms with Crippen LogP contribution in [0.4, 0.5) is 4.79 Å². The number of esters is 1. The Hall–Kier alpha value is -1.52. The van der Waals surface area contributed by atoms with Crippen LogP contribution in [0, 0.1) is 0 Å². The summed E-state index contributed by atoms with van der Waals surface area (Å²) in [6.07, 6.45) is 2.11. The first-order valence-electron chi connectivity index (χ1n) is 5.95. The number of methoxy groups -OCH3 is 1. The van der Waals surface area contributed by atoms with Crippen molar-refractivity contribution in [1.82, 2.24) is 4.90 Å². The number of ether oxygens (including phenoxy) is 2. The van der Waals surface area contributed by atoms with Gasteiger partial charge in [-0.15, -0.1) is 6.58 Å². The molecule has 0 heterocycles. The fourth-order valence-electron chi connectivity index (χ4n) is 1.20. The molecule has 0 bridgehead atoms. The molecule has 5 heteroatoms. The highest BCUT2D eigenvalue weighted by molar-refractivity contribution is 5.72. The highest BCUT2D eigenvalue weighted by Crippen LogP contribution is 2.10. The Morgan fingerprint density at radius 2 is 1.89 bits per heavy atom. The van der Waals surface area contributed by atoms with Crippen LogP contribution >= 0.6 is 0 Å². The van der Waals surface area contributed by atoms with E-state index < -0.39 is 11.7 Å². The fraction of sp³-hybridized carbons (Fsp3) is 0.692. The van der Waals surface area contributed by atoms with Crippen molar-refractivity contribution in [1.29, 1.82) is 0 Å². The van der Waals surface area contributed by atoms with Gasteiger partial charge in [-0.3, -0.25) is 4.79 Å². The first-order chi connectivity index (χ1) is 8.30. The van der Waals surface area contributed by atoms with Crippen LogP contribution in [0.5, 0.6) is 0 Å². The number of amides is 1. The predicted molar refractivity (Wildman–Crippen MR) is 69.3 cm³/mol. The van der Waals surface area contributed by atoms with E-state index in [0.717, 1.165) is 0 Å². The summed E-state index contributed by atoms with van der Waals surface area (Å²) in [5.41, 5.74) is -0.547. The SMILES string of the molecule is C=CCCN(CCC(=O)OC)C(=O)OC(C)(C)C. The van der Waals surface area contributed by atoms with Gasteiger partial charge in [0.05, 0.1) is 13.5 Å². The molecule has 0 aromatic rings. The number of carbonyl (C=O) groups excluding carboxylic acids is 2. The molecule has 0 N–H and O–H groups in total. The van der Waals surface area contributed by atoms with Gasteiger partial charge in [-0.1, -0.05) is 6.08 Å². The number of nitrogens with zero attached hydrogens (tertiary/aromatic N) is 1. The van der Waals surface area contributed by atoms with Gasteiger partial charge in [0, 0.05) is 13.1 Å². The molecule has 18 heavy (non-hydrogen) atoms. The van der Waals surface area contributed by atoms with Crippen LogP contribution in [-0.4, -0.2) is 42.8 Å². The summed E-state index contributed by atoms with van der Waals surface area (Å²) in [6, 6.07) is 0.